The summed E-state index contributed by atoms with van der Waals surface area (Å²) in [6, 6.07) is 20.4. The Morgan fingerprint density at radius 1 is 0.870 bits per heavy atom. The van der Waals surface area contributed by atoms with Crippen LogP contribution in [0.1, 0.15) is 30.1 Å². The van der Waals surface area contributed by atoms with Gasteiger partial charge in [0.2, 0.25) is 0 Å². The first-order valence-electron chi connectivity index (χ1n) is 8.14. The van der Waals surface area contributed by atoms with E-state index in [9.17, 15) is 5.11 Å². The molecule has 3 atom stereocenters. The minimum absolute atomic E-state index is 0.109. The Bertz CT molecular complexity index is 603. The molecule has 0 radical (unpaired) electrons. The molecule has 0 spiro atoms. The normalized spacial score (nSPS) is 17.3. The van der Waals surface area contributed by atoms with Crippen LogP contribution in [0.4, 0.5) is 0 Å². The number of hydrogen-bond donors (Lipinski definition) is 1. The van der Waals surface area contributed by atoms with Gasteiger partial charge in [0.1, 0.15) is 0 Å². The molecule has 0 saturated carbocycles. The lowest BCUT2D eigenvalue weighted by atomic mass is 9.84. The number of hydrogen-bond acceptors (Lipinski definition) is 2. The van der Waals surface area contributed by atoms with Crippen LogP contribution in [0.15, 0.2) is 60.7 Å². The summed E-state index contributed by atoms with van der Waals surface area (Å²) in [6.07, 6.45) is -0.180. The minimum atomic E-state index is -1.87. The molecule has 0 unspecified atom stereocenters. The molecular formula is C20H28O2Si. The van der Waals surface area contributed by atoms with Gasteiger partial charge in [-0.05, 0) is 18.1 Å². The minimum Gasteiger partial charge on any atom is -0.393 e. The van der Waals surface area contributed by atoms with Crippen molar-refractivity contribution in [1.82, 2.24) is 0 Å². The van der Waals surface area contributed by atoms with E-state index in [-0.39, 0.29) is 12.0 Å². The third-order valence-electron chi connectivity index (χ3n) is 4.97. The zero-order valence-corrected chi connectivity index (χ0v) is 15.8. The molecule has 0 aromatic heterocycles. The van der Waals surface area contributed by atoms with Gasteiger partial charge in [0.05, 0.1) is 19.4 Å². The van der Waals surface area contributed by atoms with Crippen molar-refractivity contribution in [1.29, 1.82) is 0 Å². The molecule has 23 heavy (non-hydrogen) atoms. The highest BCUT2D eigenvalue weighted by Crippen LogP contribution is 2.45. The Kier molecular flexibility index (Phi) is 5.45. The van der Waals surface area contributed by atoms with E-state index in [4.69, 9.17) is 4.74 Å². The summed E-state index contributed by atoms with van der Waals surface area (Å²) in [6.45, 7) is 8.60. The zero-order valence-electron chi connectivity index (χ0n) is 14.8. The molecule has 0 amide bonds. The van der Waals surface area contributed by atoms with Crippen molar-refractivity contribution in [3.05, 3.63) is 71.8 Å². The predicted octanol–water partition coefficient (Wildman–Crippen LogP) is 4.79. The van der Waals surface area contributed by atoms with E-state index in [0.717, 1.165) is 11.1 Å². The molecule has 2 rings (SSSR count). The van der Waals surface area contributed by atoms with Crippen molar-refractivity contribution >= 4 is 8.07 Å². The van der Waals surface area contributed by atoms with Crippen molar-refractivity contribution in [3.8, 4) is 0 Å². The van der Waals surface area contributed by atoms with E-state index in [2.05, 4.69) is 43.9 Å². The molecule has 0 aliphatic heterocycles. The monoisotopic (exact) mass is 328 g/mol. The summed E-state index contributed by atoms with van der Waals surface area (Å²) < 4.78 is 5.90. The molecular weight excluding hydrogens is 300 g/mol. The maximum atomic E-state index is 11.5. The van der Waals surface area contributed by atoms with E-state index >= 15 is 0 Å². The highest BCUT2D eigenvalue weighted by molar-refractivity contribution is 6.79. The first kappa shape index (κ1) is 17.9. The van der Waals surface area contributed by atoms with Gasteiger partial charge in [0, 0.05) is 13.0 Å². The van der Waals surface area contributed by atoms with E-state index in [1.165, 1.54) is 0 Å². The summed E-state index contributed by atoms with van der Waals surface area (Å²) in [5.41, 5.74) is 2.22. The van der Waals surface area contributed by atoms with E-state index in [0.29, 0.717) is 0 Å². The second kappa shape index (κ2) is 6.99. The van der Waals surface area contributed by atoms with Crippen molar-refractivity contribution in [2.24, 2.45) is 0 Å². The predicted molar refractivity (Wildman–Crippen MR) is 99.3 cm³/mol. The van der Waals surface area contributed by atoms with Gasteiger partial charge in [-0.25, -0.2) is 0 Å². The summed E-state index contributed by atoms with van der Waals surface area (Å²) in [7, 11) is -0.137. The lowest BCUT2D eigenvalue weighted by Gasteiger charge is -2.45. The Morgan fingerprint density at radius 3 is 1.70 bits per heavy atom. The van der Waals surface area contributed by atoms with Crippen molar-refractivity contribution < 1.29 is 9.84 Å². The van der Waals surface area contributed by atoms with Gasteiger partial charge in [0.25, 0.3) is 0 Å². The first-order valence-corrected chi connectivity index (χ1v) is 11.6. The van der Waals surface area contributed by atoms with Crippen LogP contribution in [0.25, 0.3) is 0 Å². The summed E-state index contributed by atoms with van der Waals surface area (Å²) >= 11 is 0. The summed E-state index contributed by atoms with van der Waals surface area (Å²) in [5.74, 6) is -0.109. The quantitative estimate of drug-likeness (QED) is 0.773. The fraction of sp³-hybridized carbons (Fsp3) is 0.400. The molecule has 124 valence electrons. The Balaban J connectivity index is 2.58. The SMILES string of the molecule is CO[C@H](c1ccccc1)[C@@H](c1ccccc1)[C@@](C)(O)[Si](C)(C)C. The van der Waals surface area contributed by atoms with Crippen LogP contribution in [0.5, 0.6) is 0 Å². The van der Waals surface area contributed by atoms with Gasteiger partial charge in [-0.2, -0.15) is 0 Å². The number of aliphatic hydroxyl groups is 1. The molecule has 3 heteroatoms. The van der Waals surface area contributed by atoms with Crippen LogP contribution < -0.4 is 0 Å². The van der Waals surface area contributed by atoms with E-state index in [1.807, 2.05) is 43.3 Å². The average molecular weight is 329 g/mol. The molecule has 1 N–H and O–H groups in total. The summed E-state index contributed by atoms with van der Waals surface area (Å²) in [5, 5.41) is 10.7. The fourth-order valence-electron chi connectivity index (χ4n) is 3.03. The highest BCUT2D eigenvalue weighted by atomic mass is 28.3. The first-order chi connectivity index (χ1) is 10.8. The van der Waals surface area contributed by atoms with Crippen LogP contribution in [0.2, 0.25) is 19.6 Å². The van der Waals surface area contributed by atoms with Gasteiger partial charge in [0.15, 0.2) is 0 Å². The number of methoxy groups -OCH3 is 1. The molecule has 0 aliphatic rings. The molecule has 0 heterocycles. The third-order valence-corrected chi connectivity index (χ3v) is 8.32. The van der Waals surface area contributed by atoms with Crippen molar-refractivity contribution in [2.45, 2.75) is 43.8 Å². The molecule has 0 aliphatic carbocycles. The lowest BCUT2D eigenvalue weighted by molar-refractivity contribution is 0.00140. The van der Waals surface area contributed by atoms with Crippen LogP contribution in [0.3, 0.4) is 0 Å². The third kappa shape index (κ3) is 3.74. The number of ether oxygens (including phenoxy) is 1. The van der Waals surface area contributed by atoms with Crippen LogP contribution in [-0.4, -0.2) is 25.5 Å². The second-order valence-electron chi connectivity index (χ2n) is 7.35. The molecule has 2 aromatic rings. The van der Waals surface area contributed by atoms with Gasteiger partial charge in [-0.1, -0.05) is 80.3 Å². The van der Waals surface area contributed by atoms with Crippen LogP contribution in [0, 0.1) is 0 Å². The zero-order chi connectivity index (χ0) is 17.1. The molecule has 0 saturated heterocycles. The van der Waals surface area contributed by atoms with Gasteiger partial charge < -0.3 is 9.84 Å². The maximum Gasteiger partial charge on any atom is 0.0914 e. The fourth-order valence-corrected chi connectivity index (χ4v) is 4.28. The molecule has 2 nitrogen and oxygen atoms in total. The smallest absolute Gasteiger partial charge is 0.0914 e. The number of rotatable bonds is 6. The van der Waals surface area contributed by atoms with Crippen LogP contribution >= 0.6 is 0 Å². The molecule has 0 bridgehead atoms. The number of benzene rings is 2. The van der Waals surface area contributed by atoms with Gasteiger partial charge in [-0.15, -0.1) is 0 Å². The maximum absolute atomic E-state index is 11.5. The Hall–Kier alpha value is -1.42. The second-order valence-corrected chi connectivity index (χ2v) is 12.9. The molecule has 0 fully saturated rings. The van der Waals surface area contributed by atoms with Crippen molar-refractivity contribution in [2.75, 3.05) is 7.11 Å². The topological polar surface area (TPSA) is 29.5 Å². The van der Waals surface area contributed by atoms with Gasteiger partial charge in [-0.3, -0.25) is 0 Å². The highest BCUT2D eigenvalue weighted by Gasteiger charge is 2.48. The average Bonchev–Trinajstić information content (AvgIpc) is 2.52. The molecule has 2 aromatic carbocycles. The van der Waals surface area contributed by atoms with E-state index in [1.54, 1.807) is 7.11 Å². The van der Waals surface area contributed by atoms with Crippen molar-refractivity contribution in [3.63, 3.8) is 0 Å². The summed E-state index contributed by atoms with van der Waals surface area (Å²) in [4.78, 5) is 0. The van der Waals surface area contributed by atoms with Gasteiger partial charge >= 0.3 is 0 Å². The van der Waals surface area contributed by atoms with E-state index < -0.39 is 13.3 Å². The standard InChI is InChI=1S/C20H28O2Si/c1-20(21,23(3,4)5)18(16-12-8-6-9-13-16)19(22-2)17-14-10-7-11-15-17/h6-15,18-19,21H,1-5H3/t18-,19-,20+/m1/s1. The Labute approximate surface area is 141 Å². The largest absolute Gasteiger partial charge is 0.393 e. The van der Waals surface area contributed by atoms with Crippen LogP contribution in [-0.2, 0) is 4.74 Å². The Morgan fingerprint density at radius 2 is 1.30 bits per heavy atom. The lowest BCUT2D eigenvalue weighted by Crippen LogP contribution is -2.55.